The van der Waals surface area contributed by atoms with Crippen molar-refractivity contribution >= 4 is 5.97 Å². The standard InChI is InChI=1S/C31H51NO2/c1-21(2)7-6-8-22(3)26-11-12-27-25-10-9-23-19-24(34-29(33)20-32-17-18-32)13-15-30(23,4)28(25)14-16-31(26,27)5/h9,21-22,24-28H,6-8,10-20H2,1-5H3/t22-,24+,25+,26-,27+,28+,30+,31-/m1/s1. The van der Waals surface area contributed by atoms with Crippen LogP contribution in [0, 0.1) is 46.3 Å². The lowest BCUT2D eigenvalue weighted by atomic mass is 9.47. The molecule has 3 heteroatoms. The van der Waals surface area contributed by atoms with Gasteiger partial charge in [-0.05, 0) is 91.3 Å². The number of nitrogens with zero attached hydrogens (tertiary/aromatic N) is 1. The molecule has 1 heterocycles. The van der Waals surface area contributed by atoms with Crippen molar-refractivity contribution in [2.75, 3.05) is 19.6 Å². The maximum absolute atomic E-state index is 12.3. The Labute approximate surface area is 209 Å². The smallest absolute Gasteiger partial charge is 0.320 e. The summed E-state index contributed by atoms with van der Waals surface area (Å²) in [6.45, 7) is 15.2. The third-order valence-corrected chi connectivity index (χ3v) is 11.5. The molecule has 3 saturated carbocycles. The summed E-state index contributed by atoms with van der Waals surface area (Å²) in [5.74, 6) is 5.29. The van der Waals surface area contributed by atoms with Gasteiger partial charge in [0.15, 0.2) is 0 Å². The lowest BCUT2D eigenvalue weighted by molar-refractivity contribution is -0.151. The predicted octanol–water partition coefficient (Wildman–Crippen LogP) is 7.26. The van der Waals surface area contributed by atoms with Crippen molar-refractivity contribution in [2.24, 2.45) is 46.3 Å². The molecule has 192 valence electrons. The number of hydrogen-bond donors (Lipinski definition) is 0. The van der Waals surface area contributed by atoms with Crippen molar-refractivity contribution < 1.29 is 9.53 Å². The summed E-state index contributed by atoms with van der Waals surface area (Å²) >= 11 is 0. The van der Waals surface area contributed by atoms with Gasteiger partial charge in [0.2, 0.25) is 0 Å². The van der Waals surface area contributed by atoms with E-state index in [-0.39, 0.29) is 12.1 Å². The monoisotopic (exact) mass is 469 g/mol. The van der Waals surface area contributed by atoms with Crippen LogP contribution in [-0.4, -0.2) is 36.6 Å². The molecule has 3 nitrogen and oxygen atoms in total. The molecule has 0 radical (unpaired) electrons. The van der Waals surface area contributed by atoms with E-state index in [0.29, 0.717) is 17.4 Å². The van der Waals surface area contributed by atoms with Gasteiger partial charge in [0.05, 0.1) is 6.54 Å². The van der Waals surface area contributed by atoms with Crippen molar-refractivity contribution in [3.8, 4) is 0 Å². The fourth-order valence-electron chi connectivity index (χ4n) is 9.39. The Kier molecular flexibility index (Phi) is 6.99. The summed E-state index contributed by atoms with van der Waals surface area (Å²) < 4.78 is 5.92. The van der Waals surface area contributed by atoms with Gasteiger partial charge in [-0.3, -0.25) is 9.69 Å². The molecule has 0 spiro atoms. The molecule has 0 aromatic carbocycles. The van der Waals surface area contributed by atoms with Crippen LogP contribution in [0.4, 0.5) is 0 Å². The first kappa shape index (κ1) is 24.8. The van der Waals surface area contributed by atoms with E-state index < -0.39 is 0 Å². The molecule has 1 aliphatic heterocycles. The highest BCUT2D eigenvalue weighted by molar-refractivity contribution is 5.72. The zero-order valence-corrected chi connectivity index (χ0v) is 22.8. The van der Waals surface area contributed by atoms with Crippen LogP contribution in [0.15, 0.2) is 11.6 Å². The second-order valence-electron chi connectivity index (χ2n) is 13.9. The molecular weight excluding hydrogens is 418 g/mol. The van der Waals surface area contributed by atoms with Gasteiger partial charge in [0.1, 0.15) is 6.10 Å². The van der Waals surface area contributed by atoms with E-state index >= 15 is 0 Å². The molecule has 5 aliphatic rings. The molecule has 4 fully saturated rings. The molecule has 1 saturated heterocycles. The van der Waals surface area contributed by atoms with Crippen LogP contribution in [0.1, 0.15) is 105 Å². The van der Waals surface area contributed by atoms with E-state index in [0.717, 1.165) is 61.4 Å². The molecule has 8 atom stereocenters. The van der Waals surface area contributed by atoms with Gasteiger partial charge in [0, 0.05) is 19.5 Å². The Bertz CT molecular complexity index is 784. The quantitative estimate of drug-likeness (QED) is 0.213. The average Bonchev–Trinajstić information content (AvgIpc) is 3.51. The van der Waals surface area contributed by atoms with E-state index in [1.165, 1.54) is 57.8 Å². The summed E-state index contributed by atoms with van der Waals surface area (Å²) in [5.41, 5.74) is 2.53. The fraction of sp³-hybridized carbons (Fsp3) is 0.903. The summed E-state index contributed by atoms with van der Waals surface area (Å²) in [6.07, 6.45) is 17.3. The Morgan fingerprint density at radius 2 is 1.85 bits per heavy atom. The van der Waals surface area contributed by atoms with Crippen LogP contribution in [0.2, 0.25) is 0 Å². The molecular formula is C31H51NO2. The first-order chi connectivity index (χ1) is 16.2. The van der Waals surface area contributed by atoms with Gasteiger partial charge in [0.25, 0.3) is 0 Å². The van der Waals surface area contributed by atoms with Gasteiger partial charge >= 0.3 is 5.97 Å². The zero-order chi connectivity index (χ0) is 24.1. The van der Waals surface area contributed by atoms with Crippen LogP contribution in [0.3, 0.4) is 0 Å². The highest BCUT2D eigenvalue weighted by atomic mass is 16.5. The van der Waals surface area contributed by atoms with Gasteiger partial charge in [-0.25, -0.2) is 0 Å². The second-order valence-corrected chi connectivity index (χ2v) is 13.9. The summed E-state index contributed by atoms with van der Waals surface area (Å²) in [4.78, 5) is 14.4. The van der Waals surface area contributed by atoms with Gasteiger partial charge < -0.3 is 4.74 Å². The minimum atomic E-state index is -0.00617. The molecule has 5 rings (SSSR count). The minimum absolute atomic E-state index is 0.00617. The highest BCUT2D eigenvalue weighted by Crippen LogP contribution is 2.67. The molecule has 0 aromatic rings. The zero-order valence-electron chi connectivity index (χ0n) is 22.8. The Morgan fingerprint density at radius 1 is 1.06 bits per heavy atom. The molecule has 0 N–H and O–H groups in total. The Hall–Kier alpha value is -0.830. The molecule has 0 aromatic heterocycles. The van der Waals surface area contributed by atoms with Crippen molar-refractivity contribution in [3.05, 3.63) is 11.6 Å². The number of ether oxygens (including phenoxy) is 1. The van der Waals surface area contributed by atoms with Crippen LogP contribution >= 0.6 is 0 Å². The molecule has 0 bridgehead atoms. The van der Waals surface area contributed by atoms with Gasteiger partial charge in [-0.2, -0.15) is 0 Å². The summed E-state index contributed by atoms with van der Waals surface area (Å²) in [6, 6.07) is 0. The topological polar surface area (TPSA) is 29.3 Å². The Balaban J connectivity index is 1.24. The number of hydrogen-bond acceptors (Lipinski definition) is 3. The van der Waals surface area contributed by atoms with E-state index in [2.05, 4.69) is 45.6 Å². The van der Waals surface area contributed by atoms with Crippen molar-refractivity contribution in [1.29, 1.82) is 0 Å². The minimum Gasteiger partial charge on any atom is -0.461 e. The Morgan fingerprint density at radius 3 is 2.59 bits per heavy atom. The van der Waals surface area contributed by atoms with E-state index in [1.807, 2.05) is 0 Å². The molecule has 34 heavy (non-hydrogen) atoms. The largest absolute Gasteiger partial charge is 0.461 e. The number of carbonyl (C=O) groups excluding carboxylic acids is 1. The number of fused-ring (bicyclic) bond motifs is 5. The lowest BCUT2D eigenvalue weighted by Crippen LogP contribution is -2.51. The number of rotatable bonds is 8. The average molecular weight is 470 g/mol. The maximum Gasteiger partial charge on any atom is 0.320 e. The van der Waals surface area contributed by atoms with E-state index in [9.17, 15) is 4.79 Å². The van der Waals surface area contributed by atoms with Gasteiger partial charge in [-0.1, -0.05) is 65.5 Å². The fourth-order valence-corrected chi connectivity index (χ4v) is 9.39. The molecule has 4 aliphatic carbocycles. The number of carbonyl (C=O) groups is 1. The normalized spacial score (nSPS) is 42.4. The van der Waals surface area contributed by atoms with Crippen molar-refractivity contribution in [2.45, 2.75) is 111 Å². The molecule has 0 amide bonds. The first-order valence-corrected chi connectivity index (χ1v) is 14.8. The predicted molar refractivity (Wildman–Crippen MR) is 139 cm³/mol. The van der Waals surface area contributed by atoms with E-state index in [1.54, 1.807) is 5.57 Å². The summed E-state index contributed by atoms with van der Waals surface area (Å²) in [5, 5.41) is 0. The third kappa shape index (κ3) is 4.64. The van der Waals surface area contributed by atoms with Crippen LogP contribution in [0.5, 0.6) is 0 Å². The van der Waals surface area contributed by atoms with Crippen LogP contribution in [-0.2, 0) is 9.53 Å². The van der Waals surface area contributed by atoms with Crippen molar-refractivity contribution in [3.63, 3.8) is 0 Å². The lowest BCUT2D eigenvalue weighted by Gasteiger charge is -2.58. The maximum atomic E-state index is 12.3. The van der Waals surface area contributed by atoms with E-state index in [4.69, 9.17) is 4.74 Å². The SMILES string of the molecule is CC(C)CCC[C@@H](C)[C@H]1CC[C@H]2[C@@H]3CC=C4C[C@@H](OC(=O)CN5CC5)CC[C@]4(C)[C@H]3CC[C@]12C. The molecule has 0 unspecified atom stereocenters. The number of esters is 1. The van der Waals surface area contributed by atoms with Crippen molar-refractivity contribution in [1.82, 2.24) is 4.90 Å². The van der Waals surface area contributed by atoms with Crippen LogP contribution < -0.4 is 0 Å². The van der Waals surface area contributed by atoms with Crippen LogP contribution in [0.25, 0.3) is 0 Å². The second kappa shape index (κ2) is 9.56. The number of allylic oxidation sites excluding steroid dienone is 1. The third-order valence-electron chi connectivity index (χ3n) is 11.5. The summed E-state index contributed by atoms with van der Waals surface area (Å²) in [7, 11) is 0. The first-order valence-electron chi connectivity index (χ1n) is 14.8. The van der Waals surface area contributed by atoms with Gasteiger partial charge in [-0.15, -0.1) is 0 Å². The highest BCUT2D eigenvalue weighted by Gasteiger charge is 2.59.